The summed E-state index contributed by atoms with van der Waals surface area (Å²) < 4.78 is 43.3. The molecule has 13 heteroatoms. The first-order valence-electron chi connectivity index (χ1n) is 14.1. The van der Waals surface area contributed by atoms with E-state index in [0.717, 1.165) is 18.9 Å². The van der Waals surface area contributed by atoms with Crippen LogP contribution in [0.15, 0.2) is 35.5 Å². The molecule has 1 unspecified atom stereocenters. The van der Waals surface area contributed by atoms with Crippen LogP contribution in [0.4, 0.5) is 20.2 Å². The molecule has 6 heterocycles. The Morgan fingerprint density at radius 3 is 2.70 bits per heavy atom. The molecule has 11 nitrogen and oxygen atoms in total. The Labute approximate surface area is 243 Å². The molecule has 3 N–H and O–H groups in total. The van der Waals surface area contributed by atoms with Gasteiger partial charge in [0.2, 0.25) is 5.43 Å². The van der Waals surface area contributed by atoms with Gasteiger partial charge in [0.25, 0.3) is 0 Å². The number of nitrogens with zero attached hydrogens (tertiary/aromatic N) is 4. The highest BCUT2D eigenvalue weighted by Gasteiger charge is 2.27. The number of morpholine rings is 1. The molecule has 2 fully saturated rings. The zero-order valence-corrected chi connectivity index (χ0v) is 23.2. The van der Waals surface area contributed by atoms with E-state index in [1.165, 1.54) is 6.20 Å². The van der Waals surface area contributed by atoms with Crippen LogP contribution in [0, 0.1) is 11.6 Å². The molecule has 0 saturated carbocycles. The topological polar surface area (TPSA) is 135 Å². The maximum absolute atomic E-state index is 15.5. The number of pyridine rings is 3. The van der Waals surface area contributed by atoms with E-state index in [0.29, 0.717) is 84.2 Å². The molecule has 1 aromatic carbocycles. The fourth-order valence-electron chi connectivity index (χ4n) is 6.19. The Kier molecular flexibility index (Phi) is 6.70. The number of hydrogen-bond acceptors (Lipinski definition) is 8. The molecule has 0 radical (unpaired) electrons. The van der Waals surface area contributed by atoms with Gasteiger partial charge in [-0.15, -0.1) is 0 Å². The van der Waals surface area contributed by atoms with Crippen molar-refractivity contribution in [3.8, 4) is 11.1 Å². The minimum atomic E-state index is -1.34. The van der Waals surface area contributed by atoms with Crippen molar-refractivity contribution >= 4 is 50.3 Å². The van der Waals surface area contributed by atoms with E-state index < -0.39 is 23.0 Å². The molecule has 0 amide bonds. The van der Waals surface area contributed by atoms with Crippen molar-refractivity contribution in [3.63, 3.8) is 0 Å². The first-order valence-corrected chi connectivity index (χ1v) is 14.1. The number of carboxylic acids is 1. The third-order valence-electron chi connectivity index (χ3n) is 8.24. The number of H-pyrrole nitrogens is 1. The van der Waals surface area contributed by atoms with Gasteiger partial charge in [0.1, 0.15) is 16.9 Å². The van der Waals surface area contributed by atoms with Crippen molar-refractivity contribution in [2.24, 2.45) is 0 Å². The van der Waals surface area contributed by atoms with Crippen LogP contribution in [0.25, 0.3) is 44.1 Å². The van der Waals surface area contributed by atoms with Crippen molar-refractivity contribution in [3.05, 3.63) is 58.1 Å². The highest BCUT2D eigenvalue weighted by Crippen LogP contribution is 2.43. The van der Waals surface area contributed by atoms with E-state index in [4.69, 9.17) is 9.47 Å². The third-order valence-corrected chi connectivity index (χ3v) is 8.24. The summed E-state index contributed by atoms with van der Waals surface area (Å²) in [4.78, 5) is 39.8. The number of aromatic amines is 1. The standard InChI is InChI=1S/C30H28F2N6O5/c1-33-21-10-20(31)24(32)22-23-26(37-4-7-42-8-5-37)18(12-34-28(23)36-25(21)22)15-9-17-27(39)19(30(40)41)14-38(29(17)35-11-15)13-16-3-2-6-43-16/h9-12,14,16,33H,2-8,13H2,1H3,(H,34,36)(H,40,41). The average Bonchev–Trinajstić information content (AvgIpc) is 3.68. The average molecular weight is 591 g/mol. The molecular formula is C30H28F2N6O5. The van der Waals surface area contributed by atoms with Crippen LogP contribution in [0.1, 0.15) is 23.2 Å². The highest BCUT2D eigenvalue weighted by molar-refractivity contribution is 6.18. The first-order chi connectivity index (χ1) is 20.9. The summed E-state index contributed by atoms with van der Waals surface area (Å²) in [7, 11) is 1.62. The number of carboxylic acid groups (broad SMARTS) is 1. The van der Waals surface area contributed by atoms with Crippen molar-refractivity contribution < 1.29 is 28.2 Å². The van der Waals surface area contributed by atoms with Gasteiger partial charge in [0, 0.05) is 62.5 Å². The van der Waals surface area contributed by atoms with Gasteiger partial charge in [-0.05, 0) is 18.9 Å². The van der Waals surface area contributed by atoms with Gasteiger partial charge in [-0.2, -0.15) is 0 Å². The van der Waals surface area contributed by atoms with Crippen molar-refractivity contribution in [2.45, 2.75) is 25.5 Å². The van der Waals surface area contributed by atoms with Gasteiger partial charge < -0.3 is 34.3 Å². The van der Waals surface area contributed by atoms with Crippen LogP contribution in [-0.4, -0.2) is 76.7 Å². The van der Waals surface area contributed by atoms with Crippen LogP contribution in [0.5, 0.6) is 0 Å². The van der Waals surface area contributed by atoms with Crippen LogP contribution in [-0.2, 0) is 16.0 Å². The van der Waals surface area contributed by atoms with Crippen LogP contribution in [0.3, 0.4) is 0 Å². The fourth-order valence-corrected chi connectivity index (χ4v) is 6.19. The Hall–Kier alpha value is -4.62. The van der Waals surface area contributed by atoms with E-state index in [2.05, 4.69) is 20.3 Å². The summed E-state index contributed by atoms with van der Waals surface area (Å²) in [6.45, 7) is 2.79. The fraction of sp³-hybridized carbons (Fsp3) is 0.333. The lowest BCUT2D eigenvalue weighted by atomic mass is 10.0. The lowest BCUT2D eigenvalue weighted by Crippen LogP contribution is -2.36. The number of hydrogen-bond donors (Lipinski definition) is 3. The summed E-state index contributed by atoms with van der Waals surface area (Å²) in [5.74, 6) is -3.35. The zero-order valence-electron chi connectivity index (χ0n) is 23.2. The van der Waals surface area contributed by atoms with Gasteiger partial charge in [0.15, 0.2) is 11.6 Å². The second kappa shape index (κ2) is 10.6. The number of nitrogens with one attached hydrogen (secondary N) is 2. The second-order valence-corrected chi connectivity index (χ2v) is 10.7. The maximum Gasteiger partial charge on any atom is 0.341 e. The van der Waals surface area contributed by atoms with E-state index in [-0.39, 0.29) is 22.4 Å². The third kappa shape index (κ3) is 4.46. The Morgan fingerprint density at radius 1 is 1.16 bits per heavy atom. The number of fused-ring (bicyclic) bond motifs is 4. The quantitative estimate of drug-likeness (QED) is 0.267. The van der Waals surface area contributed by atoms with Gasteiger partial charge in [-0.25, -0.2) is 23.5 Å². The van der Waals surface area contributed by atoms with Crippen LogP contribution >= 0.6 is 0 Å². The number of ether oxygens (including phenoxy) is 2. The smallest absolute Gasteiger partial charge is 0.341 e. The number of halogens is 2. The molecule has 7 rings (SSSR count). The predicted octanol–water partition coefficient (Wildman–Crippen LogP) is 4.13. The summed E-state index contributed by atoms with van der Waals surface area (Å²) in [6, 6.07) is 2.69. The predicted molar refractivity (Wildman–Crippen MR) is 157 cm³/mol. The molecule has 2 aliphatic heterocycles. The first kappa shape index (κ1) is 27.2. The van der Waals surface area contributed by atoms with Gasteiger partial charge in [0.05, 0.1) is 58.9 Å². The molecule has 4 aromatic heterocycles. The van der Waals surface area contributed by atoms with Gasteiger partial charge in [-0.1, -0.05) is 0 Å². The summed E-state index contributed by atoms with van der Waals surface area (Å²) in [6.07, 6.45) is 6.11. The second-order valence-electron chi connectivity index (χ2n) is 10.7. The van der Waals surface area contributed by atoms with E-state index in [9.17, 15) is 19.1 Å². The minimum absolute atomic E-state index is 0.0519. The van der Waals surface area contributed by atoms with Crippen LogP contribution in [0.2, 0.25) is 0 Å². The number of benzene rings is 1. The molecule has 5 aromatic rings. The number of anilines is 2. The molecule has 2 aliphatic rings. The molecule has 43 heavy (non-hydrogen) atoms. The monoisotopic (exact) mass is 590 g/mol. The molecule has 0 bridgehead atoms. The molecule has 222 valence electrons. The van der Waals surface area contributed by atoms with E-state index >= 15 is 4.39 Å². The molecule has 1 atom stereocenters. The number of carbonyl (C=O) groups is 1. The number of rotatable bonds is 6. The van der Waals surface area contributed by atoms with Gasteiger partial charge >= 0.3 is 5.97 Å². The minimum Gasteiger partial charge on any atom is -0.477 e. The summed E-state index contributed by atoms with van der Waals surface area (Å²) in [5, 5.41) is 13.3. The molecule has 0 spiro atoms. The molecule has 2 saturated heterocycles. The Balaban J connectivity index is 1.50. The highest BCUT2D eigenvalue weighted by atomic mass is 19.2. The Bertz CT molecular complexity index is 1980. The molecular weight excluding hydrogens is 562 g/mol. The number of aromatic nitrogens is 4. The largest absolute Gasteiger partial charge is 0.477 e. The Morgan fingerprint density at radius 2 is 1.98 bits per heavy atom. The summed E-state index contributed by atoms with van der Waals surface area (Å²) >= 11 is 0. The summed E-state index contributed by atoms with van der Waals surface area (Å²) in [5.41, 5.74) is 1.99. The van der Waals surface area contributed by atoms with Crippen molar-refractivity contribution in [1.29, 1.82) is 0 Å². The lowest BCUT2D eigenvalue weighted by Gasteiger charge is -2.31. The van der Waals surface area contributed by atoms with Crippen molar-refractivity contribution in [1.82, 2.24) is 19.5 Å². The zero-order chi connectivity index (χ0) is 29.8. The van der Waals surface area contributed by atoms with Crippen LogP contribution < -0.4 is 15.6 Å². The lowest BCUT2D eigenvalue weighted by molar-refractivity contribution is 0.0693. The van der Waals surface area contributed by atoms with Crippen molar-refractivity contribution in [2.75, 3.05) is 50.2 Å². The number of aromatic carboxylic acids is 1. The van der Waals surface area contributed by atoms with E-state index in [1.807, 2.05) is 4.90 Å². The van der Waals surface area contributed by atoms with E-state index in [1.54, 1.807) is 30.1 Å². The SMILES string of the molecule is CNc1cc(F)c(F)c2c1[nH]c1ncc(-c3cnc4c(c3)c(=O)c(C(=O)O)cn4CC3CCCO3)c(N3CCOCC3)c12. The van der Waals surface area contributed by atoms with Gasteiger partial charge in [-0.3, -0.25) is 4.79 Å². The maximum atomic E-state index is 15.5. The molecule has 0 aliphatic carbocycles. The normalized spacial score (nSPS) is 17.4.